The van der Waals surface area contributed by atoms with E-state index in [0.29, 0.717) is 11.4 Å². The first kappa shape index (κ1) is 14.2. The third-order valence-corrected chi connectivity index (χ3v) is 3.48. The lowest BCUT2D eigenvalue weighted by Gasteiger charge is -2.14. The maximum atomic E-state index is 12.3. The molecule has 2 aromatic carbocycles. The number of carbonyl (C=O) groups excluding carboxylic acids is 1. The number of phenols is 1. The van der Waals surface area contributed by atoms with Gasteiger partial charge in [-0.25, -0.2) is 0 Å². The highest BCUT2D eigenvalue weighted by Crippen LogP contribution is 2.27. The first-order valence-electron chi connectivity index (χ1n) is 6.05. The fraction of sp³-hybridized carbons (Fsp3) is 0.133. The average Bonchev–Trinajstić information content (AvgIpc) is 2.41. The third-order valence-electron chi connectivity index (χ3n) is 3.15. The molecule has 1 amide bonds. The van der Waals surface area contributed by atoms with Gasteiger partial charge in [0.2, 0.25) is 0 Å². The molecule has 20 heavy (non-hydrogen) atoms. The van der Waals surface area contributed by atoms with Gasteiger partial charge in [0.1, 0.15) is 5.75 Å². The highest BCUT2D eigenvalue weighted by atomic mass is 35.5. The lowest BCUT2D eigenvalue weighted by molar-refractivity contribution is 0.102. The number of aromatic hydroxyl groups is 1. The van der Waals surface area contributed by atoms with Crippen LogP contribution in [0, 0.1) is 13.8 Å². The Morgan fingerprint density at radius 1 is 1.25 bits per heavy atom. The van der Waals surface area contributed by atoms with Crippen molar-refractivity contribution >= 4 is 28.9 Å². The van der Waals surface area contributed by atoms with Crippen molar-refractivity contribution in [3.8, 4) is 5.75 Å². The summed E-state index contributed by atoms with van der Waals surface area (Å²) < 4.78 is 0. The van der Waals surface area contributed by atoms with Crippen LogP contribution in [0.15, 0.2) is 30.3 Å². The Morgan fingerprint density at radius 2 is 1.95 bits per heavy atom. The Morgan fingerprint density at radius 3 is 2.65 bits per heavy atom. The van der Waals surface area contributed by atoms with Gasteiger partial charge in [0.05, 0.1) is 10.6 Å². The summed E-state index contributed by atoms with van der Waals surface area (Å²) in [5, 5.41) is 12.5. The molecule has 0 saturated carbocycles. The molecule has 0 aliphatic heterocycles. The fourth-order valence-electron chi connectivity index (χ4n) is 1.92. The zero-order chi connectivity index (χ0) is 14.9. The number of benzene rings is 2. The van der Waals surface area contributed by atoms with Gasteiger partial charge in [-0.1, -0.05) is 17.7 Å². The van der Waals surface area contributed by atoms with Gasteiger partial charge in [0, 0.05) is 11.4 Å². The van der Waals surface area contributed by atoms with Gasteiger partial charge in [-0.15, -0.1) is 0 Å². The van der Waals surface area contributed by atoms with Gasteiger partial charge in [0.25, 0.3) is 5.91 Å². The van der Waals surface area contributed by atoms with Crippen molar-refractivity contribution in [2.45, 2.75) is 13.8 Å². The van der Waals surface area contributed by atoms with Crippen molar-refractivity contribution in [1.82, 2.24) is 0 Å². The highest BCUT2D eigenvalue weighted by Gasteiger charge is 2.14. The van der Waals surface area contributed by atoms with Crippen LogP contribution >= 0.6 is 11.6 Å². The number of rotatable bonds is 2. The molecular formula is C15H15ClN2O2. The molecule has 0 aliphatic rings. The Bertz CT molecular complexity index is 684. The summed E-state index contributed by atoms with van der Waals surface area (Å²) in [6, 6.07) is 7.86. The number of hydrogen-bond acceptors (Lipinski definition) is 3. The maximum Gasteiger partial charge on any atom is 0.257 e. The van der Waals surface area contributed by atoms with Gasteiger partial charge in [-0.3, -0.25) is 4.79 Å². The van der Waals surface area contributed by atoms with Crippen molar-refractivity contribution in [3.05, 3.63) is 52.0 Å². The van der Waals surface area contributed by atoms with Crippen LogP contribution in [0.3, 0.4) is 0 Å². The topological polar surface area (TPSA) is 75.3 Å². The Labute approximate surface area is 122 Å². The molecule has 0 heterocycles. The van der Waals surface area contributed by atoms with Gasteiger partial charge in [0.15, 0.2) is 0 Å². The number of nitrogens with two attached hydrogens (primary N) is 1. The van der Waals surface area contributed by atoms with E-state index >= 15 is 0 Å². The predicted molar refractivity (Wildman–Crippen MR) is 81.4 cm³/mol. The van der Waals surface area contributed by atoms with E-state index in [4.69, 9.17) is 17.3 Å². The molecule has 0 unspecified atom stereocenters. The minimum absolute atomic E-state index is 0.0134. The molecule has 0 aromatic heterocycles. The minimum Gasteiger partial charge on any atom is -0.508 e. The normalized spacial score (nSPS) is 10.3. The third kappa shape index (κ3) is 2.70. The van der Waals surface area contributed by atoms with Crippen LogP contribution in [0.4, 0.5) is 11.4 Å². The Balaban J connectivity index is 2.38. The molecule has 0 spiro atoms. The van der Waals surface area contributed by atoms with Gasteiger partial charge < -0.3 is 16.2 Å². The molecule has 5 heteroatoms. The summed E-state index contributed by atoms with van der Waals surface area (Å²) in [5.41, 5.74) is 9.03. The number of nitrogens with one attached hydrogen (secondary N) is 1. The van der Waals surface area contributed by atoms with Crippen molar-refractivity contribution in [2.75, 3.05) is 11.1 Å². The maximum absolute atomic E-state index is 12.3. The van der Waals surface area contributed by atoms with E-state index in [9.17, 15) is 9.90 Å². The average molecular weight is 291 g/mol. The van der Waals surface area contributed by atoms with Crippen LogP contribution in [0.25, 0.3) is 0 Å². The summed E-state index contributed by atoms with van der Waals surface area (Å²) >= 11 is 5.97. The molecule has 0 aliphatic carbocycles. The molecule has 2 aromatic rings. The lowest BCUT2D eigenvalue weighted by Crippen LogP contribution is -2.14. The van der Waals surface area contributed by atoms with E-state index in [-0.39, 0.29) is 22.2 Å². The zero-order valence-electron chi connectivity index (χ0n) is 11.2. The Hall–Kier alpha value is -2.20. The second kappa shape index (κ2) is 5.43. The first-order valence-corrected chi connectivity index (χ1v) is 6.43. The van der Waals surface area contributed by atoms with Crippen molar-refractivity contribution in [2.24, 2.45) is 0 Å². The van der Waals surface area contributed by atoms with E-state index in [1.165, 1.54) is 18.2 Å². The van der Waals surface area contributed by atoms with Gasteiger partial charge in [-0.2, -0.15) is 0 Å². The highest BCUT2D eigenvalue weighted by molar-refractivity contribution is 6.34. The second-order valence-electron chi connectivity index (χ2n) is 4.59. The number of nitrogen functional groups attached to an aromatic ring is 1. The number of anilines is 2. The second-order valence-corrected chi connectivity index (χ2v) is 5.00. The fourth-order valence-corrected chi connectivity index (χ4v) is 2.13. The minimum atomic E-state index is -0.386. The van der Waals surface area contributed by atoms with Crippen molar-refractivity contribution in [3.63, 3.8) is 0 Å². The summed E-state index contributed by atoms with van der Waals surface area (Å²) in [6.45, 7) is 3.72. The molecule has 0 bridgehead atoms. The van der Waals surface area contributed by atoms with Gasteiger partial charge in [-0.05, 0) is 49.2 Å². The molecule has 0 radical (unpaired) electrons. The van der Waals surface area contributed by atoms with E-state index in [1.807, 2.05) is 19.9 Å². The quantitative estimate of drug-likeness (QED) is 0.741. The van der Waals surface area contributed by atoms with Gasteiger partial charge >= 0.3 is 0 Å². The lowest BCUT2D eigenvalue weighted by atomic mass is 10.1. The molecule has 0 atom stereocenters. The van der Waals surface area contributed by atoms with Crippen LogP contribution in [-0.4, -0.2) is 11.0 Å². The molecule has 4 N–H and O–H groups in total. The first-order chi connectivity index (χ1) is 9.40. The number of amides is 1. The number of aryl methyl sites for hydroxylation is 1. The van der Waals surface area contributed by atoms with E-state index in [1.54, 1.807) is 6.07 Å². The smallest absolute Gasteiger partial charge is 0.257 e. The van der Waals surface area contributed by atoms with Crippen LogP contribution in [0.1, 0.15) is 21.5 Å². The predicted octanol–water partition coefficient (Wildman–Crippen LogP) is 3.50. The summed E-state index contributed by atoms with van der Waals surface area (Å²) in [5.74, 6) is -0.400. The number of hydrogen-bond donors (Lipinski definition) is 3. The van der Waals surface area contributed by atoms with E-state index < -0.39 is 0 Å². The molecule has 104 valence electrons. The van der Waals surface area contributed by atoms with Crippen LogP contribution in [0.5, 0.6) is 5.75 Å². The van der Waals surface area contributed by atoms with E-state index in [2.05, 4.69) is 5.32 Å². The molecule has 4 nitrogen and oxygen atoms in total. The molecule has 0 saturated heterocycles. The molecule has 0 fully saturated rings. The summed E-state index contributed by atoms with van der Waals surface area (Å²) in [6.07, 6.45) is 0. The number of phenolic OH excluding ortho intramolecular Hbond substituents is 1. The van der Waals surface area contributed by atoms with Crippen LogP contribution in [0.2, 0.25) is 5.02 Å². The molecule has 2 rings (SSSR count). The monoisotopic (exact) mass is 290 g/mol. The largest absolute Gasteiger partial charge is 0.508 e. The van der Waals surface area contributed by atoms with Crippen LogP contribution in [-0.2, 0) is 0 Å². The zero-order valence-corrected chi connectivity index (χ0v) is 12.0. The number of carbonyl (C=O) groups is 1. The molecular weight excluding hydrogens is 276 g/mol. The van der Waals surface area contributed by atoms with Crippen molar-refractivity contribution in [1.29, 1.82) is 0 Å². The summed E-state index contributed by atoms with van der Waals surface area (Å²) in [7, 11) is 0. The van der Waals surface area contributed by atoms with Crippen LogP contribution < -0.4 is 11.1 Å². The Kier molecular flexibility index (Phi) is 3.86. The standard InChI is InChI=1S/C15H15ClN2O2/c1-8-3-6-13(17)9(2)14(8)18-15(20)11-7-10(19)4-5-12(11)16/h3-7,19H,17H2,1-2H3,(H,18,20). The summed E-state index contributed by atoms with van der Waals surface area (Å²) in [4.78, 5) is 12.3. The number of halogens is 1. The van der Waals surface area contributed by atoms with Crippen molar-refractivity contribution < 1.29 is 9.90 Å². The van der Waals surface area contributed by atoms with E-state index in [0.717, 1.165) is 11.1 Å². The SMILES string of the molecule is Cc1ccc(N)c(C)c1NC(=O)c1cc(O)ccc1Cl.